The maximum atomic E-state index is 12.9. The van der Waals surface area contributed by atoms with Crippen LogP contribution in [-0.4, -0.2) is 21.5 Å². The molecule has 2 rings (SSSR count). The lowest BCUT2D eigenvalue weighted by molar-refractivity contribution is -0.387. The van der Waals surface area contributed by atoms with Crippen LogP contribution in [0.25, 0.3) is 11.0 Å². The molecule has 0 saturated heterocycles. The quantitative estimate of drug-likeness (QED) is 0.642. The summed E-state index contributed by atoms with van der Waals surface area (Å²) < 4.78 is 44.1. The van der Waals surface area contributed by atoms with Gasteiger partial charge in [0, 0.05) is 23.3 Å². The van der Waals surface area contributed by atoms with Gasteiger partial charge in [-0.05, 0) is 18.7 Å². The summed E-state index contributed by atoms with van der Waals surface area (Å²) in [7, 11) is 0. The Morgan fingerprint density at radius 1 is 1.35 bits per heavy atom. The van der Waals surface area contributed by atoms with Crippen LogP contribution in [0.5, 0.6) is 0 Å². The number of thioether (sulfide) groups is 1. The monoisotopic (exact) mass is 349 g/mol. The van der Waals surface area contributed by atoms with Crippen LogP contribution in [-0.2, 0) is 11.8 Å². The fourth-order valence-electron chi connectivity index (χ4n) is 2.09. The summed E-state index contributed by atoms with van der Waals surface area (Å²) in [6.45, 7) is 3.38. The minimum atomic E-state index is -4.87. The highest BCUT2D eigenvalue weighted by molar-refractivity contribution is 7.99. The second-order valence-electron chi connectivity index (χ2n) is 5.18. The largest absolute Gasteiger partial charge is 0.458 e. The maximum absolute atomic E-state index is 12.9. The minimum Gasteiger partial charge on any atom is -0.458 e. The van der Waals surface area contributed by atoms with E-state index in [1.54, 1.807) is 0 Å². The zero-order chi connectivity index (χ0) is 17.4. The summed E-state index contributed by atoms with van der Waals surface area (Å²) in [6, 6.07) is 2.74. The van der Waals surface area contributed by atoms with Gasteiger partial charge < -0.3 is 9.52 Å². The van der Waals surface area contributed by atoms with E-state index in [9.17, 15) is 28.4 Å². The van der Waals surface area contributed by atoms with E-state index in [0.29, 0.717) is 6.07 Å². The number of rotatable bonds is 5. The molecule has 0 bridgehead atoms. The third-order valence-electron chi connectivity index (χ3n) is 3.25. The van der Waals surface area contributed by atoms with Crippen molar-refractivity contribution >= 4 is 28.4 Å². The van der Waals surface area contributed by atoms with Crippen LogP contribution in [0.4, 0.5) is 18.9 Å². The molecule has 1 aromatic heterocycles. The smallest absolute Gasteiger partial charge is 0.423 e. The molecule has 0 aliphatic carbocycles. The first kappa shape index (κ1) is 17.6. The van der Waals surface area contributed by atoms with Crippen molar-refractivity contribution in [1.29, 1.82) is 0 Å². The van der Waals surface area contributed by atoms with Crippen molar-refractivity contribution in [3.05, 3.63) is 39.6 Å². The number of hydrogen-bond donors (Lipinski definition) is 1. The normalized spacial score (nSPS) is 14.9. The van der Waals surface area contributed by atoms with Crippen molar-refractivity contribution in [1.82, 2.24) is 0 Å². The molecule has 1 aromatic carbocycles. The Balaban J connectivity index is 2.58. The molecule has 0 aliphatic rings. The average Bonchev–Trinajstić information content (AvgIpc) is 2.86. The Kier molecular flexibility index (Phi) is 4.63. The number of aliphatic hydroxyl groups is 1. The summed E-state index contributed by atoms with van der Waals surface area (Å²) in [6.07, 6.45) is -4.87. The first-order valence-corrected chi connectivity index (χ1v) is 7.81. The van der Waals surface area contributed by atoms with Crippen LogP contribution < -0.4 is 0 Å². The lowest BCUT2D eigenvalue weighted by Gasteiger charge is -2.19. The van der Waals surface area contributed by atoms with E-state index in [2.05, 4.69) is 0 Å². The molecule has 9 heteroatoms. The molecule has 1 N–H and O–H groups in total. The van der Waals surface area contributed by atoms with Crippen LogP contribution in [0.2, 0.25) is 0 Å². The van der Waals surface area contributed by atoms with Gasteiger partial charge in [-0.3, -0.25) is 10.1 Å². The first-order valence-electron chi connectivity index (χ1n) is 6.66. The van der Waals surface area contributed by atoms with Gasteiger partial charge in [0.05, 0.1) is 4.92 Å². The number of hydrogen-bond acceptors (Lipinski definition) is 5. The van der Waals surface area contributed by atoms with E-state index < -0.39 is 28.0 Å². The molecule has 0 saturated carbocycles. The van der Waals surface area contributed by atoms with Gasteiger partial charge >= 0.3 is 6.18 Å². The van der Waals surface area contributed by atoms with Gasteiger partial charge in [0.1, 0.15) is 22.5 Å². The molecule has 1 heterocycles. The third-order valence-corrected chi connectivity index (χ3v) is 4.43. The number of nitro groups is 1. The molecule has 23 heavy (non-hydrogen) atoms. The molecule has 0 fully saturated rings. The average molecular weight is 349 g/mol. The van der Waals surface area contributed by atoms with E-state index in [0.717, 1.165) is 11.8 Å². The van der Waals surface area contributed by atoms with Crippen molar-refractivity contribution < 1.29 is 27.6 Å². The highest BCUT2D eigenvalue weighted by Gasteiger charge is 2.39. The zero-order valence-corrected chi connectivity index (χ0v) is 13.1. The lowest BCUT2D eigenvalue weighted by atomic mass is 10.1. The molecule has 0 amide bonds. The fraction of sp³-hybridized carbons (Fsp3) is 0.429. The highest BCUT2D eigenvalue weighted by Crippen LogP contribution is 2.40. The molecular formula is C14H14F3NO4S. The fourth-order valence-corrected chi connectivity index (χ4v) is 2.83. The maximum Gasteiger partial charge on any atom is 0.423 e. The summed E-state index contributed by atoms with van der Waals surface area (Å²) >= 11 is 1.44. The summed E-state index contributed by atoms with van der Waals surface area (Å²) in [5.41, 5.74) is -3.95. The highest BCUT2D eigenvalue weighted by atomic mass is 32.2. The Hall–Kier alpha value is -1.74. The van der Waals surface area contributed by atoms with Crippen LogP contribution in [0, 0.1) is 10.1 Å². The van der Waals surface area contributed by atoms with Crippen molar-refractivity contribution in [2.24, 2.45) is 0 Å². The number of nitro benzene ring substituents is 1. The van der Waals surface area contributed by atoms with Gasteiger partial charge in [-0.1, -0.05) is 6.92 Å². The van der Waals surface area contributed by atoms with Crippen LogP contribution >= 0.6 is 11.8 Å². The van der Waals surface area contributed by atoms with Gasteiger partial charge in [-0.25, -0.2) is 0 Å². The molecule has 2 aromatic rings. The minimum absolute atomic E-state index is 0.0714. The number of fused-ring (bicyclic) bond motifs is 1. The standard InChI is InChI=1S/C14H14F3NO4S/c1-3-23-7-13(2,19)12-5-8-4-10(18(20)21)9(14(15,16)17)6-11(8)22-12/h4-6,19H,3,7H2,1-2H3/t13-/m0/s1. The topological polar surface area (TPSA) is 76.5 Å². The van der Waals surface area contributed by atoms with Gasteiger partial charge in [0.15, 0.2) is 0 Å². The number of benzene rings is 1. The number of furan rings is 1. The Bertz CT molecular complexity index is 739. The third kappa shape index (κ3) is 3.61. The number of nitrogens with zero attached hydrogens (tertiary/aromatic N) is 1. The van der Waals surface area contributed by atoms with Crippen LogP contribution in [0.1, 0.15) is 25.2 Å². The number of alkyl halides is 3. The van der Waals surface area contributed by atoms with Gasteiger partial charge in [0.2, 0.25) is 0 Å². The van der Waals surface area contributed by atoms with Crippen molar-refractivity contribution in [3.63, 3.8) is 0 Å². The summed E-state index contributed by atoms with van der Waals surface area (Å²) in [5, 5.41) is 21.4. The van der Waals surface area contributed by atoms with E-state index in [1.807, 2.05) is 6.92 Å². The molecule has 0 aliphatic heterocycles. The Morgan fingerprint density at radius 2 is 2.00 bits per heavy atom. The van der Waals surface area contributed by atoms with E-state index >= 15 is 0 Å². The molecule has 0 radical (unpaired) electrons. The van der Waals surface area contributed by atoms with E-state index in [-0.39, 0.29) is 22.5 Å². The lowest BCUT2D eigenvalue weighted by Crippen LogP contribution is -2.23. The predicted molar refractivity (Wildman–Crippen MR) is 80.4 cm³/mol. The first-order chi connectivity index (χ1) is 10.6. The van der Waals surface area contributed by atoms with Crippen molar-refractivity contribution in [2.75, 3.05) is 11.5 Å². The molecule has 126 valence electrons. The van der Waals surface area contributed by atoms with Crippen LogP contribution in [0.15, 0.2) is 22.6 Å². The Morgan fingerprint density at radius 3 is 2.52 bits per heavy atom. The van der Waals surface area contributed by atoms with Crippen molar-refractivity contribution in [2.45, 2.75) is 25.6 Å². The molecular weight excluding hydrogens is 335 g/mol. The second-order valence-corrected chi connectivity index (χ2v) is 6.46. The predicted octanol–water partition coefficient (Wildman–Crippen LogP) is 4.32. The van der Waals surface area contributed by atoms with Gasteiger partial charge in [0.25, 0.3) is 5.69 Å². The van der Waals surface area contributed by atoms with Gasteiger partial charge in [-0.15, -0.1) is 0 Å². The molecule has 0 spiro atoms. The van der Waals surface area contributed by atoms with Crippen LogP contribution in [0.3, 0.4) is 0 Å². The van der Waals surface area contributed by atoms with Crippen molar-refractivity contribution in [3.8, 4) is 0 Å². The second kappa shape index (κ2) is 6.04. The van der Waals surface area contributed by atoms with Gasteiger partial charge in [-0.2, -0.15) is 24.9 Å². The molecule has 1 atom stereocenters. The van der Waals surface area contributed by atoms with E-state index in [4.69, 9.17) is 4.42 Å². The number of halogens is 3. The van der Waals surface area contributed by atoms with E-state index in [1.165, 1.54) is 24.8 Å². The SMILES string of the molecule is CCSC[C@](C)(O)c1cc2cc([N+](=O)[O-])c(C(F)(F)F)cc2o1. The Labute approximate surface area is 133 Å². The zero-order valence-electron chi connectivity index (χ0n) is 12.3. The summed E-state index contributed by atoms with van der Waals surface area (Å²) in [5.74, 6) is 1.11. The summed E-state index contributed by atoms with van der Waals surface area (Å²) in [4.78, 5) is 9.80. The molecule has 5 nitrogen and oxygen atoms in total. The molecule has 0 unspecified atom stereocenters.